The molecule has 0 saturated carbocycles. The first-order valence-corrected chi connectivity index (χ1v) is 7.12. The number of hydrogen-bond acceptors (Lipinski definition) is 3. The second-order valence-electron chi connectivity index (χ2n) is 4.79. The van der Waals surface area contributed by atoms with E-state index in [-0.39, 0.29) is 5.78 Å². The van der Waals surface area contributed by atoms with E-state index in [1.165, 1.54) is 12.0 Å². The Labute approximate surface area is 116 Å². The van der Waals surface area contributed by atoms with Gasteiger partial charge in [0.15, 0.2) is 5.78 Å². The predicted molar refractivity (Wildman–Crippen MR) is 78.7 cm³/mol. The van der Waals surface area contributed by atoms with E-state index in [9.17, 15) is 4.79 Å². The summed E-state index contributed by atoms with van der Waals surface area (Å²) < 4.78 is 5.45. The fourth-order valence-electron chi connectivity index (χ4n) is 1.69. The van der Waals surface area contributed by atoms with Crippen LogP contribution in [0.2, 0.25) is 0 Å². The zero-order chi connectivity index (χ0) is 13.9. The molecule has 3 heteroatoms. The van der Waals surface area contributed by atoms with E-state index in [2.05, 4.69) is 12.2 Å². The molecule has 1 aromatic carbocycles. The Balaban J connectivity index is 2.06. The monoisotopic (exact) mass is 263 g/mol. The molecule has 0 saturated heterocycles. The Morgan fingerprint density at radius 3 is 2.53 bits per heavy atom. The van der Waals surface area contributed by atoms with Gasteiger partial charge in [0.25, 0.3) is 0 Å². The lowest BCUT2D eigenvalue weighted by Crippen LogP contribution is -2.24. The van der Waals surface area contributed by atoms with Gasteiger partial charge in [-0.1, -0.05) is 43.2 Å². The van der Waals surface area contributed by atoms with Gasteiger partial charge in [-0.15, -0.1) is 0 Å². The van der Waals surface area contributed by atoms with E-state index in [1.807, 2.05) is 31.2 Å². The van der Waals surface area contributed by atoms with Crippen LogP contribution in [0, 0.1) is 6.92 Å². The molecule has 19 heavy (non-hydrogen) atoms. The highest BCUT2D eigenvalue weighted by molar-refractivity contribution is 5.97. The Morgan fingerprint density at radius 1 is 1.16 bits per heavy atom. The van der Waals surface area contributed by atoms with Gasteiger partial charge in [0.2, 0.25) is 0 Å². The fourth-order valence-corrected chi connectivity index (χ4v) is 1.69. The third kappa shape index (κ3) is 7.09. The number of carbonyl (C=O) groups excluding carboxylic acids is 1. The highest BCUT2D eigenvalue weighted by atomic mass is 16.5. The molecule has 1 rings (SSSR count). The molecule has 0 atom stereocenters. The number of benzene rings is 1. The molecular formula is C16H25NO2. The van der Waals surface area contributed by atoms with Crippen molar-refractivity contribution in [3.8, 4) is 0 Å². The van der Waals surface area contributed by atoms with Crippen LogP contribution in [0.4, 0.5) is 0 Å². The largest absolute Gasteiger partial charge is 0.381 e. The van der Waals surface area contributed by atoms with Crippen molar-refractivity contribution >= 4 is 5.78 Å². The third-order valence-electron chi connectivity index (χ3n) is 2.94. The van der Waals surface area contributed by atoms with E-state index in [0.717, 1.165) is 38.2 Å². The van der Waals surface area contributed by atoms with Gasteiger partial charge < -0.3 is 10.1 Å². The molecule has 0 unspecified atom stereocenters. The van der Waals surface area contributed by atoms with Gasteiger partial charge in [0.1, 0.15) is 0 Å². The molecule has 0 aliphatic heterocycles. The van der Waals surface area contributed by atoms with Gasteiger partial charge in [-0.2, -0.15) is 0 Å². The van der Waals surface area contributed by atoms with Gasteiger partial charge in [-0.3, -0.25) is 4.79 Å². The average Bonchev–Trinajstić information content (AvgIpc) is 2.42. The maximum Gasteiger partial charge on any atom is 0.176 e. The van der Waals surface area contributed by atoms with Crippen LogP contribution in [0.15, 0.2) is 24.3 Å². The summed E-state index contributed by atoms with van der Waals surface area (Å²) in [5.41, 5.74) is 1.95. The smallest absolute Gasteiger partial charge is 0.176 e. The summed E-state index contributed by atoms with van der Waals surface area (Å²) in [6, 6.07) is 7.70. The summed E-state index contributed by atoms with van der Waals surface area (Å²) in [5, 5.41) is 3.16. The fraction of sp³-hybridized carbons (Fsp3) is 0.562. The minimum atomic E-state index is 0.145. The van der Waals surface area contributed by atoms with Crippen molar-refractivity contribution in [2.24, 2.45) is 0 Å². The maximum absolute atomic E-state index is 11.8. The van der Waals surface area contributed by atoms with E-state index in [4.69, 9.17) is 4.74 Å². The number of rotatable bonds is 10. The highest BCUT2D eigenvalue weighted by Crippen LogP contribution is 2.03. The van der Waals surface area contributed by atoms with Crippen LogP contribution in [0.25, 0.3) is 0 Å². The van der Waals surface area contributed by atoms with Crippen LogP contribution in [0.1, 0.15) is 42.1 Å². The molecule has 0 spiro atoms. The molecule has 1 aromatic rings. The molecule has 0 bridgehead atoms. The van der Waals surface area contributed by atoms with Crippen LogP contribution in [0.3, 0.4) is 0 Å². The summed E-state index contributed by atoms with van der Waals surface area (Å²) in [4.78, 5) is 11.8. The molecule has 106 valence electrons. The van der Waals surface area contributed by atoms with Crippen LogP contribution in [-0.4, -0.2) is 32.1 Å². The Hall–Kier alpha value is -1.19. The standard InChI is InChI=1S/C16H25NO2/c1-3-4-11-19-12-5-10-17-13-16(18)15-8-6-14(2)7-9-15/h6-9,17H,3-5,10-13H2,1-2H3. The van der Waals surface area contributed by atoms with Crippen molar-refractivity contribution in [3.63, 3.8) is 0 Å². The zero-order valence-electron chi connectivity index (χ0n) is 12.1. The van der Waals surface area contributed by atoms with E-state index < -0.39 is 0 Å². The first-order valence-electron chi connectivity index (χ1n) is 7.12. The topological polar surface area (TPSA) is 38.3 Å². The number of hydrogen-bond donors (Lipinski definition) is 1. The molecule has 0 aromatic heterocycles. The lowest BCUT2D eigenvalue weighted by molar-refractivity contribution is 0.0986. The SMILES string of the molecule is CCCCOCCCNCC(=O)c1ccc(C)cc1. The molecule has 0 aliphatic rings. The summed E-state index contributed by atoms with van der Waals surface area (Å²) in [6.07, 6.45) is 3.24. The third-order valence-corrected chi connectivity index (χ3v) is 2.94. The number of ketones is 1. The minimum absolute atomic E-state index is 0.145. The van der Waals surface area contributed by atoms with Crippen LogP contribution >= 0.6 is 0 Å². The van der Waals surface area contributed by atoms with Crippen LogP contribution in [0.5, 0.6) is 0 Å². The molecule has 0 amide bonds. The van der Waals surface area contributed by atoms with Crippen LogP contribution < -0.4 is 5.32 Å². The van der Waals surface area contributed by atoms with Gasteiger partial charge >= 0.3 is 0 Å². The molecule has 0 aliphatic carbocycles. The second kappa shape index (κ2) is 9.70. The quantitative estimate of drug-likeness (QED) is 0.521. The Bertz CT molecular complexity index is 360. The minimum Gasteiger partial charge on any atom is -0.381 e. The number of aryl methyl sites for hydroxylation is 1. The summed E-state index contributed by atoms with van der Waals surface area (Å²) >= 11 is 0. The van der Waals surface area contributed by atoms with Gasteiger partial charge in [0.05, 0.1) is 6.54 Å². The van der Waals surface area contributed by atoms with Crippen molar-refractivity contribution < 1.29 is 9.53 Å². The van der Waals surface area contributed by atoms with E-state index in [0.29, 0.717) is 6.54 Å². The molecule has 0 radical (unpaired) electrons. The lowest BCUT2D eigenvalue weighted by atomic mass is 10.1. The van der Waals surface area contributed by atoms with Gasteiger partial charge in [0, 0.05) is 18.8 Å². The average molecular weight is 263 g/mol. The van der Waals surface area contributed by atoms with Crippen molar-refractivity contribution in [2.45, 2.75) is 33.1 Å². The number of unbranched alkanes of at least 4 members (excludes halogenated alkanes) is 1. The number of ether oxygens (including phenoxy) is 1. The summed E-state index contributed by atoms with van der Waals surface area (Å²) in [5.74, 6) is 0.145. The van der Waals surface area contributed by atoms with Crippen molar-refractivity contribution in [1.29, 1.82) is 0 Å². The van der Waals surface area contributed by atoms with E-state index in [1.54, 1.807) is 0 Å². The lowest BCUT2D eigenvalue weighted by Gasteiger charge is -2.05. The second-order valence-corrected chi connectivity index (χ2v) is 4.79. The molecule has 3 nitrogen and oxygen atoms in total. The van der Waals surface area contributed by atoms with Gasteiger partial charge in [-0.25, -0.2) is 0 Å². The van der Waals surface area contributed by atoms with Crippen molar-refractivity contribution in [3.05, 3.63) is 35.4 Å². The summed E-state index contributed by atoms with van der Waals surface area (Å²) in [6.45, 7) is 7.01. The first kappa shape index (κ1) is 15.9. The van der Waals surface area contributed by atoms with E-state index >= 15 is 0 Å². The normalized spacial score (nSPS) is 10.6. The number of Topliss-reactive ketones (excluding diaryl/α,β-unsaturated/α-hetero) is 1. The predicted octanol–water partition coefficient (Wildman–Crippen LogP) is 2.97. The van der Waals surface area contributed by atoms with Crippen molar-refractivity contribution in [2.75, 3.05) is 26.3 Å². The molecule has 1 N–H and O–H groups in total. The summed E-state index contributed by atoms with van der Waals surface area (Å²) in [7, 11) is 0. The Kier molecular flexibility index (Phi) is 8.10. The van der Waals surface area contributed by atoms with Crippen molar-refractivity contribution in [1.82, 2.24) is 5.32 Å². The zero-order valence-corrected chi connectivity index (χ0v) is 12.1. The molecule has 0 fully saturated rings. The molecule has 0 heterocycles. The number of nitrogens with one attached hydrogen (secondary N) is 1. The van der Waals surface area contributed by atoms with Crippen LogP contribution in [-0.2, 0) is 4.74 Å². The Morgan fingerprint density at radius 2 is 1.84 bits per heavy atom. The maximum atomic E-state index is 11.8. The highest BCUT2D eigenvalue weighted by Gasteiger charge is 2.03. The van der Waals surface area contributed by atoms with Gasteiger partial charge in [-0.05, 0) is 26.3 Å². The first-order chi connectivity index (χ1) is 9.24. The molecular weight excluding hydrogens is 238 g/mol. The number of carbonyl (C=O) groups is 1.